The molecule has 1 saturated heterocycles. The van der Waals surface area contributed by atoms with Gasteiger partial charge in [-0.15, -0.1) is 0 Å². The third-order valence-corrected chi connectivity index (χ3v) is 12.2. The predicted octanol–water partition coefficient (Wildman–Crippen LogP) is 8.86. The largest absolute Gasteiger partial charge is 0.496 e. The fourth-order valence-corrected chi connectivity index (χ4v) is 10.0. The van der Waals surface area contributed by atoms with Crippen molar-refractivity contribution in [3.8, 4) is 28.4 Å². The summed E-state index contributed by atoms with van der Waals surface area (Å²) in [4.78, 5) is 14.8. The van der Waals surface area contributed by atoms with Gasteiger partial charge in [-0.1, -0.05) is 48.0 Å². The monoisotopic (exact) mass is 747 g/mol. The van der Waals surface area contributed by atoms with Crippen molar-refractivity contribution >= 4 is 21.8 Å². The first-order valence-electron chi connectivity index (χ1n) is 18.6. The number of hydrogen-bond donors (Lipinski definition) is 1. The number of unbranched alkanes of at least 4 members (excludes halogenated alkanes) is 1. The summed E-state index contributed by atoms with van der Waals surface area (Å²) < 4.78 is 26.5. The maximum atomic E-state index is 14.8. The highest BCUT2D eigenvalue weighted by molar-refractivity contribution is 9.09. The number of nitrogens with one attached hydrogen (secondary N) is 1. The lowest BCUT2D eigenvalue weighted by Gasteiger charge is -2.61. The summed E-state index contributed by atoms with van der Waals surface area (Å²) in [6.45, 7) is 10.6. The van der Waals surface area contributed by atoms with Gasteiger partial charge in [-0.3, -0.25) is 4.79 Å². The van der Waals surface area contributed by atoms with Gasteiger partial charge in [-0.25, -0.2) is 4.68 Å². The molecule has 1 amide bonds. The van der Waals surface area contributed by atoms with Crippen LogP contribution in [-0.2, 0) is 15.9 Å². The lowest BCUT2D eigenvalue weighted by molar-refractivity contribution is -0.0845. The smallest absolute Gasteiger partial charge is 0.272 e. The summed E-state index contributed by atoms with van der Waals surface area (Å²) in [5.74, 6) is 3.57. The number of ether oxygens (including phenoxy) is 4. The molecule has 2 atom stereocenters. The van der Waals surface area contributed by atoms with Crippen molar-refractivity contribution in [2.75, 3.05) is 19.5 Å². The van der Waals surface area contributed by atoms with Gasteiger partial charge >= 0.3 is 0 Å². The molecule has 2 aromatic carbocycles. The molecule has 1 N–H and O–H groups in total. The van der Waals surface area contributed by atoms with Gasteiger partial charge in [0.1, 0.15) is 17.6 Å². The number of methoxy groups -OCH3 is 2. The number of halogens is 1. The number of carbonyl (C=O) groups excluding carboxylic acids is 1. The molecule has 8 nitrogen and oxygen atoms in total. The number of hydrogen-bond acceptors (Lipinski definition) is 6. The highest BCUT2D eigenvalue weighted by atomic mass is 79.9. The van der Waals surface area contributed by atoms with E-state index in [9.17, 15) is 4.79 Å². The Kier molecular flexibility index (Phi) is 9.89. The Balaban J connectivity index is 1.31. The minimum atomic E-state index is -0.480. The van der Waals surface area contributed by atoms with Gasteiger partial charge in [-0.05, 0) is 137 Å². The molecule has 2 heterocycles. The van der Waals surface area contributed by atoms with Crippen LogP contribution < -0.4 is 14.8 Å². The molecular weight excluding hydrogens is 694 g/mol. The molecule has 5 aliphatic rings. The van der Waals surface area contributed by atoms with Crippen molar-refractivity contribution in [2.45, 2.75) is 115 Å². The van der Waals surface area contributed by atoms with Crippen LogP contribution in [0.3, 0.4) is 0 Å². The second-order valence-electron chi connectivity index (χ2n) is 16.4. The van der Waals surface area contributed by atoms with Crippen molar-refractivity contribution in [1.82, 2.24) is 15.1 Å². The highest BCUT2D eigenvalue weighted by Crippen LogP contribution is 2.62. The standard InChI is InChI=1S/C41H54BrN3O5/c1-24(2)30-22-25(11-8-9-16-42)14-15-32(30)45-33(36-34(47-6)12-10-13-35(36)48-7)23-31(44-45)38(46)43-41(37-39(49-37)50-40(3,4)5)28-18-26-17-27(20-28)21-29(41)19-26/h10,12-15,22-24,26-29,37,39H,8-9,11,16-21H2,1-7H3,(H,43,46). The van der Waals surface area contributed by atoms with Crippen molar-refractivity contribution in [1.29, 1.82) is 0 Å². The van der Waals surface area contributed by atoms with Crippen molar-refractivity contribution in [3.05, 3.63) is 59.3 Å². The van der Waals surface area contributed by atoms with Crippen LogP contribution in [0.2, 0.25) is 0 Å². The average Bonchev–Trinajstić information content (AvgIpc) is 3.69. The van der Waals surface area contributed by atoms with Gasteiger partial charge in [0, 0.05) is 5.33 Å². The molecule has 0 spiro atoms. The summed E-state index contributed by atoms with van der Waals surface area (Å²) in [6.07, 6.45) is 8.64. The van der Waals surface area contributed by atoms with Crippen LogP contribution in [0.1, 0.15) is 107 Å². The number of benzene rings is 2. The Bertz CT molecular complexity index is 1660. The molecule has 50 heavy (non-hydrogen) atoms. The van der Waals surface area contributed by atoms with Gasteiger partial charge in [0.05, 0.1) is 42.3 Å². The Morgan fingerprint density at radius 3 is 2.24 bits per heavy atom. The highest BCUT2D eigenvalue weighted by Gasteiger charge is 2.68. The van der Waals surface area contributed by atoms with Gasteiger partial charge in [0.2, 0.25) is 0 Å². The predicted molar refractivity (Wildman–Crippen MR) is 200 cm³/mol. The zero-order chi connectivity index (χ0) is 35.4. The van der Waals surface area contributed by atoms with Gasteiger partial charge < -0.3 is 24.3 Å². The van der Waals surface area contributed by atoms with E-state index in [1.165, 1.54) is 17.5 Å². The van der Waals surface area contributed by atoms with Crippen molar-refractivity contribution in [3.63, 3.8) is 0 Å². The van der Waals surface area contributed by atoms with E-state index >= 15 is 0 Å². The van der Waals surface area contributed by atoms with E-state index in [0.717, 1.165) is 79.1 Å². The van der Waals surface area contributed by atoms with E-state index in [4.69, 9.17) is 24.0 Å². The SMILES string of the molecule is COc1cccc(OC)c1-c1cc(C(=O)NC2(C3OC3OC(C)(C)C)C3CC4CC(C3)CC2C4)nn1-c1ccc(CCCCBr)cc1C(C)C. The molecule has 1 aromatic heterocycles. The van der Waals surface area contributed by atoms with Crippen LogP contribution in [0.15, 0.2) is 42.5 Å². The number of amides is 1. The third kappa shape index (κ3) is 6.63. The molecule has 3 aromatic rings. The van der Waals surface area contributed by atoms with E-state index in [0.29, 0.717) is 29.0 Å². The topological polar surface area (TPSA) is 87.1 Å². The molecule has 4 aliphatic carbocycles. The summed E-state index contributed by atoms with van der Waals surface area (Å²) in [5.41, 5.74) is 4.48. The summed E-state index contributed by atoms with van der Waals surface area (Å²) >= 11 is 3.57. The van der Waals surface area contributed by atoms with Crippen LogP contribution in [0, 0.1) is 23.7 Å². The average molecular weight is 749 g/mol. The van der Waals surface area contributed by atoms with E-state index in [-0.39, 0.29) is 29.8 Å². The van der Waals surface area contributed by atoms with Gasteiger partial charge in [0.25, 0.3) is 5.91 Å². The van der Waals surface area contributed by atoms with E-state index in [1.807, 2.05) is 28.9 Å². The van der Waals surface area contributed by atoms with E-state index < -0.39 is 5.54 Å². The van der Waals surface area contributed by atoms with Crippen molar-refractivity contribution in [2.24, 2.45) is 23.7 Å². The van der Waals surface area contributed by atoms with Crippen LogP contribution in [-0.4, -0.2) is 58.8 Å². The first-order chi connectivity index (χ1) is 23.9. The second-order valence-corrected chi connectivity index (χ2v) is 17.2. The fraction of sp³-hybridized carbons (Fsp3) is 0.610. The molecule has 4 saturated carbocycles. The molecular formula is C41H54BrN3O5. The summed E-state index contributed by atoms with van der Waals surface area (Å²) in [5, 5.41) is 9.81. The molecule has 5 fully saturated rings. The Hall–Kier alpha value is -2.88. The number of alkyl halides is 1. The first-order valence-corrected chi connectivity index (χ1v) is 19.7. The quantitative estimate of drug-likeness (QED) is 0.107. The fourth-order valence-electron chi connectivity index (χ4n) is 9.64. The maximum Gasteiger partial charge on any atom is 0.272 e. The Morgan fingerprint density at radius 2 is 1.66 bits per heavy atom. The molecule has 4 bridgehead atoms. The molecule has 2 unspecified atom stereocenters. The van der Waals surface area contributed by atoms with Crippen LogP contribution >= 0.6 is 15.9 Å². The minimum absolute atomic E-state index is 0.166. The zero-order valence-electron chi connectivity index (χ0n) is 30.8. The number of epoxide rings is 1. The normalized spacial score (nSPS) is 28.3. The zero-order valence-corrected chi connectivity index (χ0v) is 32.3. The second kappa shape index (κ2) is 13.9. The van der Waals surface area contributed by atoms with Gasteiger partial charge in [0.15, 0.2) is 12.0 Å². The number of carbonyl (C=O) groups is 1. The van der Waals surface area contributed by atoms with E-state index in [1.54, 1.807) is 14.2 Å². The first kappa shape index (κ1) is 35.5. The maximum absolute atomic E-state index is 14.8. The minimum Gasteiger partial charge on any atom is -0.496 e. The summed E-state index contributed by atoms with van der Waals surface area (Å²) in [6, 6.07) is 14.3. The molecule has 8 rings (SSSR count). The lowest BCUT2D eigenvalue weighted by Crippen LogP contribution is -2.69. The Morgan fingerprint density at radius 1 is 1.00 bits per heavy atom. The van der Waals surface area contributed by atoms with Crippen LogP contribution in [0.4, 0.5) is 0 Å². The molecule has 1 aliphatic heterocycles. The number of nitrogens with zero attached hydrogens (tertiary/aromatic N) is 2. The van der Waals surface area contributed by atoms with Gasteiger partial charge in [-0.2, -0.15) is 5.10 Å². The Labute approximate surface area is 306 Å². The lowest BCUT2D eigenvalue weighted by atomic mass is 9.47. The van der Waals surface area contributed by atoms with Crippen molar-refractivity contribution < 1.29 is 23.7 Å². The number of aryl methyl sites for hydroxylation is 1. The molecule has 9 heteroatoms. The molecule has 270 valence electrons. The third-order valence-electron chi connectivity index (χ3n) is 11.6. The van der Waals surface area contributed by atoms with Crippen LogP contribution in [0.5, 0.6) is 11.5 Å². The van der Waals surface area contributed by atoms with Crippen LogP contribution in [0.25, 0.3) is 16.9 Å². The molecule has 0 radical (unpaired) electrons. The summed E-state index contributed by atoms with van der Waals surface area (Å²) in [7, 11) is 3.32. The van der Waals surface area contributed by atoms with E-state index in [2.05, 4.69) is 74.1 Å². The number of rotatable bonds is 13. The number of aromatic nitrogens is 2.